The number of nitrogens with one attached hydrogen (secondary N) is 1. The van der Waals surface area contributed by atoms with Crippen LogP contribution in [-0.4, -0.2) is 16.7 Å². The average Bonchev–Trinajstić information content (AvgIpc) is 2.41. The fourth-order valence-electron chi connectivity index (χ4n) is 1.31. The number of rotatable bonds is 1. The van der Waals surface area contributed by atoms with Crippen LogP contribution >= 0.6 is 11.3 Å². The Morgan fingerprint density at radius 2 is 1.83 bits per heavy atom. The van der Waals surface area contributed by atoms with E-state index >= 15 is 0 Å². The quantitative estimate of drug-likeness (QED) is 0.821. The molecule has 1 aromatic rings. The molecule has 6 heteroatoms. The monoisotopic (exact) mass is 271 g/mol. The molecular weight excluding hydrogens is 250 g/mol. The lowest BCUT2D eigenvalue weighted by molar-refractivity contribution is 0.0636. The van der Waals surface area contributed by atoms with Gasteiger partial charge in [-0.2, -0.15) is 0 Å². The van der Waals surface area contributed by atoms with E-state index in [1.165, 1.54) is 11.3 Å². The van der Waals surface area contributed by atoms with Gasteiger partial charge in [0.2, 0.25) is 0 Å². The molecule has 0 aliphatic rings. The number of hydrogen-bond donors (Lipinski definition) is 2. The average molecular weight is 271 g/mol. The second kappa shape index (κ2) is 4.76. The molecule has 0 aliphatic heterocycles. The van der Waals surface area contributed by atoms with E-state index < -0.39 is 11.7 Å². The van der Waals surface area contributed by atoms with E-state index in [4.69, 9.17) is 10.5 Å². The van der Waals surface area contributed by atoms with Crippen LogP contribution in [0.5, 0.6) is 0 Å². The van der Waals surface area contributed by atoms with Crippen LogP contribution in [0, 0.1) is 0 Å². The Balaban J connectivity index is 2.79. The second-order valence-corrected chi connectivity index (χ2v) is 7.14. The first-order valence-corrected chi connectivity index (χ1v) is 6.57. The van der Waals surface area contributed by atoms with Crippen LogP contribution in [0.3, 0.4) is 0 Å². The highest BCUT2D eigenvalue weighted by molar-refractivity contribution is 7.19. The van der Waals surface area contributed by atoms with Gasteiger partial charge in [-0.25, -0.2) is 9.78 Å². The fraction of sp³-hybridized carbons (Fsp3) is 0.667. The summed E-state index contributed by atoms with van der Waals surface area (Å²) in [6.07, 6.45) is -0.517. The number of carbonyl (C=O) groups excluding carboxylic acids is 1. The Labute approximate surface area is 112 Å². The van der Waals surface area contributed by atoms with Crippen LogP contribution < -0.4 is 11.1 Å². The molecule has 0 spiro atoms. The molecule has 5 nitrogen and oxygen atoms in total. The first-order valence-electron chi connectivity index (χ1n) is 5.76. The molecule has 1 rings (SSSR count). The molecule has 1 heterocycles. The lowest BCUT2D eigenvalue weighted by atomic mass is 9.93. The van der Waals surface area contributed by atoms with Crippen LogP contribution in [-0.2, 0) is 10.2 Å². The van der Waals surface area contributed by atoms with Gasteiger partial charge in [-0.3, -0.25) is 5.32 Å². The molecule has 0 aliphatic carbocycles. The van der Waals surface area contributed by atoms with Crippen LogP contribution in [0.4, 0.5) is 14.9 Å². The summed E-state index contributed by atoms with van der Waals surface area (Å²) < 4.78 is 5.15. The molecule has 0 saturated carbocycles. The molecule has 1 amide bonds. The highest BCUT2D eigenvalue weighted by Crippen LogP contribution is 2.34. The maximum atomic E-state index is 11.6. The number of carbonyl (C=O) groups is 1. The highest BCUT2D eigenvalue weighted by atomic mass is 32.1. The summed E-state index contributed by atoms with van der Waals surface area (Å²) >= 11 is 1.25. The first-order chi connectivity index (χ1) is 7.99. The minimum atomic E-state index is -0.528. The third-order valence-corrected chi connectivity index (χ3v) is 2.77. The first kappa shape index (κ1) is 14.8. The van der Waals surface area contributed by atoms with Crippen molar-refractivity contribution in [2.75, 3.05) is 11.1 Å². The Hall–Kier alpha value is -1.30. The molecule has 0 saturated heterocycles. The van der Waals surface area contributed by atoms with Crippen LogP contribution in [0.15, 0.2) is 0 Å². The number of hydrogen-bond acceptors (Lipinski definition) is 5. The van der Waals surface area contributed by atoms with E-state index in [1.807, 2.05) is 41.5 Å². The van der Waals surface area contributed by atoms with Gasteiger partial charge in [-0.1, -0.05) is 32.1 Å². The summed E-state index contributed by atoms with van der Waals surface area (Å²) in [7, 11) is 0. The van der Waals surface area contributed by atoms with Gasteiger partial charge in [-0.15, -0.1) is 0 Å². The molecule has 18 heavy (non-hydrogen) atoms. The van der Waals surface area contributed by atoms with Crippen molar-refractivity contribution >= 4 is 27.6 Å². The molecule has 0 radical (unpaired) electrons. The molecule has 0 atom stereocenters. The Morgan fingerprint density at radius 3 is 2.22 bits per heavy atom. The zero-order valence-corrected chi connectivity index (χ0v) is 12.6. The topological polar surface area (TPSA) is 77.2 Å². The van der Waals surface area contributed by atoms with Crippen molar-refractivity contribution in [3.05, 3.63) is 5.69 Å². The zero-order valence-electron chi connectivity index (χ0n) is 11.7. The summed E-state index contributed by atoms with van der Waals surface area (Å²) in [5.74, 6) is 0. The maximum Gasteiger partial charge on any atom is 0.413 e. The van der Waals surface area contributed by atoms with Gasteiger partial charge in [-0.05, 0) is 20.8 Å². The molecule has 102 valence electrons. The van der Waals surface area contributed by atoms with Crippen molar-refractivity contribution in [1.29, 1.82) is 0 Å². The number of nitrogens with two attached hydrogens (primary N) is 1. The second-order valence-electron chi connectivity index (χ2n) is 6.11. The van der Waals surface area contributed by atoms with Crippen LogP contribution in [0.2, 0.25) is 0 Å². The number of nitrogen functional groups attached to an aromatic ring is 1. The fourth-order valence-corrected chi connectivity index (χ4v) is 2.24. The normalized spacial score (nSPS) is 12.3. The molecule has 0 bridgehead atoms. The smallest absolute Gasteiger partial charge is 0.413 e. The number of aromatic nitrogens is 1. The standard InChI is InChI=1S/C12H21N3O2S/c1-11(2,3)7-8(13)18-9(14-7)15-10(16)17-12(4,5)6/h13H2,1-6H3,(H,14,15,16). The summed E-state index contributed by atoms with van der Waals surface area (Å²) in [5.41, 5.74) is 6.01. The number of amides is 1. The molecule has 0 aromatic carbocycles. The molecule has 0 unspecified atom stereocenters. The van der Waals surface area contributed by atoms with E-state index in [9.17, 15) is 4.79 Å². The Bertz CT molecular complexity index is 441. The van der Waals surface area contributed by atoms with E-state index in [2.05, 4.69) is 10.3 Å². The number of thiazole rings is 1. The molecule has 1 aromatic heterocycles. The lowest BCUT2D eigenvalue weighted by Gasteiger charge is -2.19. The third-order valence-electron chi connectivity index (χ3n) is 1.97. The summed E-state index contributed by atoms with van der Waals surface area (Å²) in [6.45, 7) is 11.5. The lowest BCUT2D eigenvalue weighted by Crippen LogP contribution is -2.27. The van der Waals surface area contributed by atoms with E-state index in [1.54, 1.807) is 0 Å². The van der Waals surface area contributed by atoms with Gasteiger partial charge < -0.3 is 10.5 Å². The number of nitrogens with zero attached hydrogens (tertiary/aromatic N) is 1. The molecule has 3 N–H and O–H groups in total. The largest absolute Gasteiger partial charge is 0.444 e. The number of anilines is 2. The van der Waals surface area contributed by atoms with Gasteiger partial charge in [0, 0.05) is 5.41 Å². The van der Waals surface area contributed by atoms with Gasteiger partial charge >= 0.3 is 6.09 Å². The molecule has 0 fully saturated rings. The third kappa shape index (κ3) is 4.18. The van der Waals surface area contributed by atoms with Crippen molar-refractivity contribution in [3.63, 3.8) is 0 Å². The van der Waals surface area contributed by atoms with Crippen molar-refractivity contribution in [2.45, 2.75) is 52.6 Å². The summed E-state index contributed by atoms with van der Waals surface area (Å²) in [5, 5.41) is 3.68. The van der Waals surface area contributed by atoms with Crippen molar-refractivity contribution < 1.29 is 9.53 Å². The predicted octanol–water partition coefficient (Wildman–Crippen LogP) is 3.37. The van der Waals surface area contributed by atoms with Gasteiger partial charge in [0.1, 0.15) is 10.6 Å². The van der Waals surface area contributed by atoms with E-state index in [0.717, 1.165) is 5.69 Å². The summed E-state index contributed by atoms with van der Waals surface area (Å²) in [4.78, 5) is 15.9. The number of ether oxygens (including phenoxy) is 1. The van der Waals surface area contributed by atoms with E-state index in [0.29, 0.717) is 10.1 Å². The van der Waals surface area contributed by atoms with Gasteiger partial charge in [0.25, 0.3) is 0 Å². The van der Waals surface area contributed by atoms with Crippen molar-refractivity contribution in [3.8, 4) is 0 Å². The Kier molecular flexibility index (Phi) is 3.90. The van der Waals surface area contributed by atoms with Crippen molar-refractivity contribution in [2.24, 2.45) is 0 Å². The minimum absolute atomic E-state index is 0.144. The predicted molar refractivity (Wildman–Crippen MR) is 75.1 cm³/mol. The Morgan fingerprint density at radius 1 is 1.28 bits per heavy atom. The minimum Gasteiger partial charge on any atom is -0.444 e. The maximum absolute atomic E-state index is 11.6. The highest BCUT2D eigenvalue weighted by Gasteiger charge is 2.23. The van der Waals surface area contributed by atoms with Crippen molar-refractivity contribution in [1.82, 2.24) is 4.98 Å². The van der Waals surface area contributed by atoms with E-state index in [-0.39, 0.29) is 5.41 Å². The van der Waals surface area contributed by atoms with Gasteiger partial charge in [0.15, 0.2) is 5.13 Å². The SMILES string of the molecule is CC(C)(C)OC(=O)Nc1nc(C(C)(C)C)c(N)s1. The molecular formula is C12H21N3O2S. The zero-order chi connectivity index (χ0) is 14.1. The van der Waals surface area contributed by atoms with Crippen LogP contribution in [0.25, 0.3) is 0 Å². The summed E-state index contributed by atoms with van der Waals surface area (Å²) in [6, 6.07) is 0. The van der Waals surface area contributed by atoms with Crippen LogP contribution in [0.1, 0.15) is 47.2 Å². The van der Waals surface area contributed by atoms with Gasteiger partial charge in [0.05, 0.1) is 5.69 Å².